The van der Waals surface area contributed by atoms with Crippen LogP contribution in [0.3, 0.4) is 0 Å². The molecule has 7 atom stereocenters. The van der Waals surface area contributed by atoms with Gasteiger partial charge in [0, 0.05) is 0 Å². The summed E-state index contributed by atoms with van der Waals surface area (Å²) in [7, 11) is 0. The fourth-order valence-electron chi connectivity index (χ4n) is 7.20. The molecule has 0 amide bonds. The van der Waals surface area contributed by atoms with Crippen molar-refractivity contribution in [3.8, 4) is 0 Å². The summed E-state index contributed by atoms with van der Waals surface area (Å²) in [5.74, 6) is 2.36. The van der Waals surface area contributed by atoms with Gasteiger partial charge in [0.1, 0.15) is 0 Å². The molecule has 4 aliphatic carbocycles. The highest BCUT2D eigenvalue weighted by molar-refractivity contribution is 5.25. The molecule has 0 saturated heterocycles. The number of hydrogen-bond acceptors (Lipinski definition) is 2. The molecule has 0 aromatic heterocycles. The van der Waals surface area contributed by atoms with Gasteiger partial charge in [-0.3, -0.25) is 0 Å². The second-order valence-corrected chi connectivity index (χ2v) is 11.0. The third kappa shape index (κ3) is 2.83. The number of rotatable bonds is 1. The van der Waals surface area contributed by atoms with Crippen molar-refractivity contribution in [1.29, 1.82) is 0 Å². The first-order valence-electron chi connectivity index (χ1n) is 10.7. The van der Waals surface area contributed by atoms with Crippen molar-refractivity contribution in [2.24, 2.45) is 28.6 Å². The monoisotopic (exact) mass is 346 g/mol. The summed E-state index contributed by atoms with van der Waals surface area (Å²) >= 11 is 0. The van der Waals surface area contributed by atoms with Gasteiger partial charge in [0.15, 0.2) is 0 Å². The van der Waals surface area contributed by atoms with Gasteiger partial charge in [-0.15, -0.1) is 0 Å². The summed E-state index contributed by atoms with van der Waals surface area (Å²) in [6.45, 7) is 11.5. The largest absolute Gasteiger partial charge is 0.393 e. The van der Waals surface area contributed by atoms with Crippen LogP contribution < -0.4 is 0 Å². The number of aliphatic hydroxyl groups is 1. The Morgan fingerprint density at radius 2 is 1.80 bits per heavy atom. The van der Waals surface area contributed by atoms with Crippen LogP contribution in [0, 0.1) is 28.6 Å². The van der Waals surface area contributed by atoms with Crippen molar-refractivity contribution in [3.05, 3.63) is 11.6 Å². The first kappa shape index (κ1) is 18.0. The molecule has 142 valence electrons. The fourth-order valence-corrected chi connectivity index (χ4v) is 7.20. The van der Waals surface area contributed by atoms with E-state index in [4.69, 9.17) is 4.74 Å². The minimum absolute atomic E-state index is 0.0389. The molecule has 0 aromatic rings. The lowest BCUT2D eigenvalue weighted by molar-refractivity contribution is -0.0988. The molecule has 0 bridgehead atoms. The summed E-state index contributed by atoms with van der Waals surface area (Å²) in [5, 5.41) is 10.6. The fraction of sp³-hybridized carbons (Fsp3) is 0.913. The van der Waals surface area contributed by atoms with Crippen molar-refractivity contribution in [2.45, 2.75) is 104 Å². The van der Waals surface area contributed by atoms with E-state index in [1.54, 1.807) is 5.57 Å². The molecule has 0 spiro atoms. The molecule has 3 saturated carbocycles. The molecule has 25 heavy (non-hydrogen) atoms. The summed E-state index contributed by atoms with van der Waals surface area (Å²) < 4.78 is 6.33. The molecule has 0 aliphatic heterocycles. The van der Waals surface area contributed by atoms with E-state index in [0.717, 1.165) is 30.6 Å². The van der Waals surface area contributed by atoms with Gasteiger partial charge < -0.3 is 9.84 Å². The van der Waals surface area contributed by atoms with Crippen molar-refractivity contribution in [1.82, 2.24) is 0 Å². The van der Waals surface area contributed by atoms with E-state index >= 15 is 0 Å². The highest BCUT2D eigenvalue weighted by Crippen LogP contribution is 2.64. The molecular weight excluding hydrogens is 308 g/mol. The molecule has 0 heterocycles. The van der Waals surface area contributed by atoms with Gasteiger partial charge in [0.05, 0.1) is 17.8 Å². The number of aliphatic hydroxyl groups excluding tert-OH is 1. The minimum atomic E-state index is -0.0624. The maximum Gasteiger partial charge on any atom is 0.0619 e. The van der Waals surface area contributed by atoms with Crippen LogP contribution in [0.2, 0.25) is 0 Å². The van der Waals surface area contributed by atoms with E-state index in [0.29, 0.717) is 11.5 Å². The summed E-state index contributed by atoms with van der Waals surface area (Å²) in [6.07, 6.45) is 12.6. The lowest BCUT2D eigenvalue weighted by Crippen LogP contribution is -2.51. The van der Waals surface area contributed by atoms with Crippen LogP contribution >= 0.6 is 0 Å². The van der Waals surface area contributed by atoms with Crippen molar-refractivity contribution in [3.63, 3.8) is 0 Å². The van der Waals surface area contributed by atoms with Gasteiger partial charge in [-0.25, -0.2) is 0 Å². The van der Waals surface area contributed by atoms with Crippen molar-refractivity contribution < 1.29 is 9.84 Å². The zero-order chi connectivity index (χ0) is 18.0. The maximum atomic E-state index is 10.6. The molecular formula is C23H38O2. The highest BCUT2D eigenvalue weighted by atomic mass is 16.5. The van der Waals surface area contributed by atoms with Crippen LogP contribution in [-0.2, 0) is 4.74 Å². The normalized spacial score (nSPS) is 49.8. The zero-order valence-corrected chi connectivity index (χ0v) is 17.0. The average Bonchev–Trinajstić information content (AvgIpc) is 2.82. The molecule has 2 nitrogen and oxygen atoms in total. The van der Waals surface area contributed by atoms with Gasteiger partial charge in [-0.2, -0.15) is 0 Å². The smallest absolute Gasteiger partial charge is 0.0619 e. The Balaban J connectivity index is 1.56. The van der Waals surface area contributed by atoms with Gasteiger partial charge in [-0.1, -0.05) is 25.5 Å². The lowest BCUT2D eigenvalue weighted by atomic mass is 9.48. The number of hydrogen-bond donors (Lipinski definition) is 1. The van der Waals surface area contributed by atoms with E-state index in [1.807, 2.05) is 0 Å². The Hall–Kier alpha value is -0.340. The molecule has 0 radical (unpaired) electrons. The van der Waals surface area contributed by atoms with Crippen LogP contribution in [0.4, 0.5) is 0 Å². The van der Waals surface area contributed by atoms with E-state index in [9.17, 15) is 5.11 Å². The summed E-state index contributed by atoms with van der Waals surface area (Å²) in [6, 6.07) is 0. The van der Waals surface area contributed by atoms with Crippen LogP contribution in [0.25, 0.3) is 0 Å². The van der Waals surface area contributed by atoms with Crippen molar-refractivity contribution >= 4 is 0 Å². The Morgan fingerprint density at radius 3 is 2.52 bits per heavy atom. The predicted octanol–water partition coefficient (Wildman–Crippen LogP) is 5.49. The first-order valence-corrected chi connectivity index (χ1v) is 10.7. The topological polar surface area (TPSA) is 29.5 Å². The van der Waals surface area contributed by atoms with Gasteiger partial charge >= 0.3 is 0 Å². The molecule has 0 unspecified atom stereocenters. The quantitative estimate of drug-likeness (QED) is 0.636. The molecule has 0 aromatic carbocycles. The predicted molar refractivity (Wildman–Crippen MR) is 102 cm³/mol. The average molecular weight is 347 g/mol. The molecule has 2 heteroatoms. The second-order valence-electron chi connectivity index (χ2n) is 11.0. The number of ether oxygens (including phenoxy) is 1. The third-order valence-corrected chi connectivity index (χ3v) is 8.53. The summed E-state index contributed by atoms with van der Waals surface area (Å²) in [5.41, 5.74) is 2.23. The standard InChI is InChI=1S/C23H38O2/c1-21(2,3)25-16-10-12-22(4)15(14-16)6-7-17-18-8-9-20(24)23(18,5)13-11-19(17)22/h6,16-20,24H,7-14H2,1-5H3/t16-,17-,18-,19-,20+,22-,23-/m0/s1. The molecule has 1 N–H and O–H groups in total. The third-order valence-electron chi connectivity index (χ3n) is 8.53. The second kappa shape index (κ2) is 5.83. The van der Waals surface area contributed by atoms with Crippen LogP contribution in [-0.4, -0.2) is 22.9 Å². The number of fused-ring (bicyclic) bond motifs is 5. The van der Waals surface area contributed by atoms with Gasteiger partial charge in [0.2, 0.25) is 0 Å². The molecule has 4 aliphatic rings. The molecule has 3 fully saturated rings. The van der Waals surface area contributed by atoms with Crippen LogP contribution in [0.5, 0.6) is 0 Å². The molecule has 4 rings (SSSR count). The highest BCUT2D eigenvalue weighted by Gasteiger charge is 2.58. The first-order chi connectivity index (χ1) is 11.6. The Kier molecular flexibility index (Phi) is 4.21. The Morgan fingerprint density at radius 1 is 1.04 bits per heavy atom. The van der Waals surface area contributed by atoms with Crippen LogP contribution in [0.15, 0.2) is 11.6 Å². The van der Waals surface area contributed by atoms with Gasteiger partial charge in [0.25, 0.3) is 0 Å². The minimum Gasteiger partial charge on any atom is -0.393 e. The Labute approximate surface area is 154 Å². The van der Waals surface area contributed by atoms with E-state index < -0.39 is 0 Å². The van der Waals surface area contributed by atoms with Crippen LogP contribution in [0.1, 0.15) is 86.0 Å². The SMILES string of the molecule is CC(C)(C)O[C@H]1CC[C@@]2(C)C(=CC[C@H]3[C@@H]4CC[C@@H](O)[C@@]4(C)CC[C@@H]32)C1. The number of allylic oxidation sites excluding steroid dienone is 1. The van der Waals surface area contributed by atoms with E-state index in [-0.39, 0.29) is 17.1 Å². The lowest BCUT2D eigenvalue weighted by Gasteiger charge is -2.58. The van der Waals surface area contributed by atoms with Gasteiger partial charge in [-0.05, 0) is 101 Å². The van der Waals surface area contributed by atoms with E-state index in [2.05, 4.69) is 40.7 Å². The maximum absolute atomic E-state index is 10.6. The Bertz CT molecular complexity index is 559. The van der Waals surface area contributed by atoms with Crippen molar-refractivity contribution in [2.75, 3.05) is 0 Å². The summed E-state index contributed by atoms with van der Waals surface area (Å²) in [4.78, 5) is 0. The van der Waals surface area contributed by atoms with E-state index in [1.165, 1.54) is 38.5 Å². The zero-order valence-electron chi connectivity index (χ0n) is 17.0.